The number of nitrogens with zero attached hydrogens (tertiary/aromatic N) is 2. The molecule has 0 amide bonds. The number of H-pyrrole nitrogens is 1. The summed E-state index contributed by atoms with van der Waals surface area (Å²) in [5, 5.41) is 32.2. The second-order valence-corrected chi connectivity index (χ2v) is 9.31. The predicted molar refractivity (Wildman–Crippen MR) is 142 cm³/mol. The number of aromatic amines is 1. The molecule has 8 heteroatoms. The first-order valence-electron chi connectivity index (χ1n) is 12.3. The van der Waals surface area contributed by atoms with Gasteiger partial charge in [0.25, 0.3) is 5.56 Å². The zero-order valence-corrected chi connectivity index (χ0v) is 20.7. The molecule has 1 fully saturated rings. The summed E-state index contributed by atoms with van der Waals surface area (Å²) in [7, 11) is 0. The summed E-state index contributed by atoms with van der Waals surface area (Å²) in [4.78, 5) is 20.3. The SMILES string of the molecule is C=C(CO)N[C@@H]1CCN(Cc2ccc(C#Cc3ccc(C(CO)Cc4nc[nH]c(=O)c4O)cc3)cc2)C1. The molecule has 8 nitrogen and oxygen atoms in total. The van der Waals surface area contributed by atoms with Crippen LogP contribution < -0.4 is 10.9 Å². The van der Waals surface area contributed by atoms with Gasteiger partial charge in [-0.15, -0.1) is 0 Å². The van der Waals surface area contributed by atoms with Gasteiger partial charge >= 0.3 is 0 Å². The van der Waals surface area contributed by atoms with Crippen LogP contribution in [0.4, 0.5) is 0 Å². The van der Waals surface area contributed by atoms with E-state index in [1.807, 2.05) is 36.4 Å². The van der Waals surface area contributed by atoms with Gasteiger partial charge in [0.15, 0.2) is 0 Å². The van der Waals surface area contributed by atoms with Crippen LogP contribution in [0.2, 0.25) is 0 Å². The predicted octanol–water partition coefficient (Wildman–Crippen LogP) is 1.86. The number of rotatable bonds is 9. The van der Waals surface area contributed by atoms with E-state index in [-0.39, 0.29) is 31.2 Å². The number of nitrogens with one attached hydrogen (secondary N) is 2. The Hall–Kier alpha value is -3.90. The van der Waals surface area contributed by atoms with Crippen molar-refractivity contribution < 1.29 is 15.3 Å². The molecule has 1 saturated heterocycles. The average Bonchev–Trinajstić information content (AvgIpc) is 3.35. The summed E-state index contributed by atoms with van der Waals surface area (Å²) in [5.74, 6) is 5.65. The van der Waals surface area contributed by atoms with Crippen molar-refractivity contribution in [1.82, 2.24) is 20.2 Å². The molecule has 0 radical (unpaired) electrons. The van der Waals surface area contributed by atoms with E-state index < -0.39 is 11.3 Å². The lowest BCUT2D eigenvalue weighted by Crippen LogP contribution is -2.32. The van der Waals surface area contributed by atoms with E-state index >= 15 is 0 Å². The van der Waals surface area contributed by atoms with Crippen molar-refractivity contribution in [2.75, 3.05) is 26.3 Å². The second-order valence-electron chi connectivity index (χ2n) is 9.31. The molecule has 37 heavy (non-hydrogen) atoms. The minimum atomic E-state index is -0.594. The molecule has 1 aliphatic rings. The van der Waals surface area contributed by atoms with Crippen molar-refractivity contribution in [1.29, 1.82) is 0 Å². The normalized spacial score (nSPS) is 16.1. The molecule has 1 aromatic heterocycles. The van der Waals surface area contributed by atoms with Gasteiger partial charge in [-0.05, 0) is 41.8 Å². The first kappa shape index (κ1) is 26.2. The van der Waals surface area contributed by atoms with Crippen LogP contribution >= 0.6 is 0 Å². The van der Waals surface area contributed by atoms with E-state index in [9.17, 15) is 15.0 Å². The summed E-state index contributed by atoms with van der Waals surface area (Å²) < 4.78 is 0. The van der Waals surface area contributed by atoms with E-state index in [2.05, 4.69) is 50.7 Å². The fraction of sp³-hybridized carbons (Fsp3) is 0.310. The number of hydrogen-bond donors (Lipinski definition) is 5. The molecule has 2 atom stereocenters. The van der Waals surface area contributed by atoms with Crippen LogP contribution in [0.5, 0.6) is 5.75 Å². The van der Waals surface area contributed by atoms with Gasteiger partial charge in [0, 0.05) is 54.8 Å². The van der Waals surface area contributed by atoms with Crippen LogP contribution in [0.3, 0.4) is 0 Å². The monoisotopic (exact) mass is 500 g/mol. The molecule has 1 aliphatic heterocycles. The standard InChI is InChI=1S/C29H32N4O4/c1-20(17-34)32-26-12-13-33(16-26)15-23-6-4-21(5-7-23)2-3-22-8-10-24(11-9-22)25(18-35)14-27-28(36)29(37)31-19-30-27/h4-11,19,25-26,32,34-36H,1,12-18H2,(H,30,31,37)/t25?,26-/m1/s1. The van der Waals surface area contributed by atoms with Crippen molar-refractivity contribution in [2.45, 2.75) is 31.3 Å². The second kappa shape index (κ2) is 12.4. The highest BCUT2D eigenvalue weighted by Gasteiger charge is 2.22. The maximum Gasteiger partial charge on any atom is 0.293 e. The van der Waals surface area contributed by atoms with Crippen molar-refractivity contribution >= 4 is 0 Å². The Labute approximate surface area is 216 Å². The number of aliphatic hydroxyl groups is 2. The Bertz CT molecular complexity index is 1320. The Kier molecular flexibility index (Phi) is 8.75. The zero-order valence-electron chi connectivity index (χ0n) is 20.7. The highest BCUT2D eigenvalue weighted by molar-refractivity contribution is 5.44. The molecule has 3 aromatic rings. The number of benzene rings is 2. The van der Waals surface area contributed by atoms with Crippen molar-refractivity contribution in [3.05, 3.63) is 105 Å². The first-order valence-corrected chi connectivity index (χ1v) is 12.3. The largest absolute Gasteiger partial charge is 0.502 e. The minimum absolute atomic E-state index is 0.0348. The Morgan fingerprint density at radius 2 is 1.81 bits per heavy atom. The van der Waals surface area contributed by atoms with Crippen LogP contribution in [-0.2, 0) is 13.0 Å². The van der Waals surface area contributed by atoms with E-state index in [1.54, 1.807) is 0 Å². The van der Waals surface area contributed by atoms with E-state index in [0.717, 1.165) is 42.7 Å². The average molecular weight is 501 g/mol. The van der Waals surface area contributed by atoms with Gasteiger partial charge < -0.3 is 25.6 Å². The third kappa shape index (κ3) is 7.08. The zero-order chi connectivity index (χ0) is 26.2. The Morgan fingerprint density at radius 3 is 2.46 bits per heavy atom. The molecular weight excluding hydrogens is 468 g/mol. The molecule has 0 bridgehead atoms. The fourth-order valence-electron chi connectivity index (χ4n) is 4.46. The van der Waals surface area contributed by atoms with Gasteiger partial charge in [0.2, 0.25) is 5.75 Å². The summed E-state index contributed by atoms with van der Waals surface area (Å²) in [6, 6.07) is 16.2. The summed E-state index contributed by atoms with van der Waals surface area (Å²) in [6.07, 6.45) is 2.52. The fourth-order valence-corrected chi connectivity index (χ4v) is 4.46. The molecule has 192 valence electrons. The quantitative estimate of drug-likeness (QED) is 0.284. The van der Waals surface area contributed by atoms with Crippen LogP contribution in [0, 0.1) is 11.8 Å². The van der Waals surface area contributed by atoms with Crippen LogP contribution in [0.25, 0.3) is 0 Å². The van der Waals surface area contributed by atoms with Crippen molar-refractivity contribution in [3.63, 3.8) is 0 Å². The maximum absolute atomic E-state index is 11.6. The number of aromatic nitrogens is 2. The number of aliphatic hydroxyl groups excluding tert-OH is 2. The van der Waals surface area contributed by atoms with E-state index in [0.29, 0.717) is 11.7 Å². The molecule has 4 rings (SSSR count). The van der Waals surface area contributed by atoms with Gasteiger partial charge in [0.1, 0.15) is 0 Å². The third-order valence-corrected chi connectivity index (χ3v) is 6.53. The summed E-state index contributed by atoms with van der Waals surface area (Å²) >= 11 is 0. The minimum Gasteiger partial charge on any atom is -0.502 e. The highest BCUT2D eigenvalue weighted by Crippen LogP contribution is 2.23. The molecule has 2 heterocycles. The van der Waals surface area contributed by atoms with Gasteiger partial charge in [-0.1, -0.05) is 42.7 Å². The van der Waals surface area contributed by atoms with E-state index in [4.69, 9.17) is 5.11 Å². The lowest BCUT2D eigenvalue weighted by molar-refractivity contribution is 0.263. The van der Waals surface area contributed by atoms with Gasteiger partial charge in [0.05, 0.1) is 25.2 Å². The van der Waals surface area contributed by atoms with Crippen molar-refractivity contribution in [3.8, 4) is 17.6 Å². The van der Waals surface area contributed by atoms with Gasteiger partial charge in [-0.3, -0.25) is 9.69 Å². The molecule has 0 spiro atoms. The highest BCUT2D eigenvalue weighted by atomic mass is 16.3. The first-order chi connectivity index (χ1) is 17.9. The molecule has 2 aromatic carbocycles. The van der Waals surface area contributed by atoms with Crippen LogP contribution in [0.15, 0.2) is 71.9 Å². The molecular formula is C29H32N4O4. The Morgan fingerprint density at radius 1 is 1.14 bits per heavy atom. The number of hydrogen-bond acceptors (Lipinski definition) is 7. The summed E-state index contributed by atoms with van der Waals surface area (Å²) in [5.41, 5.74) is 4.21. The van der Waals surface area contributed by atoms with Crippen LogP contribution in [0.1, 0.15) is 40.3 Å². The maximum atomic E-state index is 11.6. The lowest BCUT2D eigenvalue weighted by Gasteiger charge is -2.17. The molecule has 0 aliphatic carbocycles. The summed E-state index contributed by atoms with van der Waals surface area (Å²) in [6.45, 7) is 6.43. The molecule has 1 unspecified atom stereocenters. The van der Waals surface area contributed by atoms with Crippen molar-refractivity contribution in [2.24, 2.45) is 0 Å². The number of likely N-dealkylation sites (tertiary alicyclic amines) is 1. The third-order valence-electron chi connectivity index (χ3n) is 6.53. The van der Waals surface area contributed by atoms with Gasteiger partial charge in [-0.2, -0.15) is 0 Å². The van der Waals surface area contributed by atoms with E-state index in [1.165, 1.54) is 11.9 Å². The Balaban J connectivity index is 1.33. The van der Waals surface area contributed by atoms with Crippen LogP contribution in [-0.4, -0.2) is 62.5 Å². The lowest BCUT2D eigenvalue weighted by atomic mass is 9.94. The van der Waals surface area contributed by atoms with Gasteiger partial charge in [-0.25, -0.2) is 4.98 Å². The smallest absolute Gasteiger partial charge is 0.293 e. The molecule has 5 N–H and O–H groups in total. The topological polar surface area (TPSA) is 122 Å². The molecule has 0 saturated carbocycles. The number of aromatic hydroxyl groups is 1.